The number of thioether (sulfide) groups is 1. The molecule has 0 radical (unpaired) electrons. The molecule has 1 aromatic heterocycles. The maximum atomic E-state index is 11.4. The Labute approximate surface area is 189 Å². The first-order valence-electron chi connectivity index (χ1n) is 10.0. The summed E-state index contributed by atoms with van der Waals surface area (Å²) in [7, 11) is 0. The number of carbonyl (C=O) groups is 1. The van der Waals surface area contributed by atoms with Gasteiger partial charge in [0, 0.05) is 29.3 Å². The van der Waals surface area contributed by atoms with E-state index in [0.29, 0.717) is 33.3 Å². The quantitative estimate of drug-likeness (QED) is 0.465. The molecule has 1 atom stereocenters. The van der Waals surface area contributed by atoms with Gasteiger partial charge in [0.15, 0.2) is 5.16 Å². The zero-order valence-electron chi connectivity index (χ0n) is 17.0. The van der Waals surface area contributed by atoms with Gasteiger partial charge in [0.25, 0.3) is 0 Å². The number of ether oxygens (including phenoxy) is 1. The summed E-state index contributed by atoms with van der Waals surface area (Å²) in [5.74, 6) is 2.24. The van der Waals surface area contributed by atoms with E-state index in [-0.39, 0.29) is 12.5 Å². The minimum absolute atomic E-state index is 0.123. The number of hydrogen-bond donors (Lipinski definition) is 2. The van der Waals surface area contributed by atoms with E-state index in [1.165, 1.54) is 18.7 Å². The molecular formula is C22H23ClN4O3S. The number of anilines is 1. The third-order valence-corrected chi connectivity index (χ3v) is 6.01. The topological polar surface area (TPSA) is 89.3 Å². The van der Waals surface area contributed by atoms with Crippen LogP contribution in [-0.2, 0) is 4.79 Å². The van der Waals surface area contributed by atoms with E-state index in [1.807, 2.05) is 28.8 Å². The van der Waals surface area contributed by atoms with Gasteiger partial charge in [-0.25, -0.2) is 0 Å². The summed E-state index contributed by atoms with van der Waals surface area (Å²) >= 11 is 7.30. The molecule has 0 spiro atoms. The molecule has 1 aliphatic rings. The number of halogens is 1. The van der Waals surface area contributed by atoms with Crippen LogP contribution >= 0.6 is 23.4 Å². The van der Waals surface area contributed by atoms with Gasteiger partial charge in [0.1, 0.15) is 18.2 Å². The SMILES string of the molecule is CC(=O)Nc1cccc(-n2c(SCC(O)COc3ccc(Cl)cc3)nnc2C2CC2)c1. The molecule has 162 valence electrons. The Balaban J connectivity index is 1.45. The number of hydrogen-bond acceptors (Lipinski definition) is 6. The second kappa shape index (κ2) is 9.72. The molecule has 1 saturated carbocycles. The van der Waals surface area contributed by atoms with E-state index in [9.17, 15) is 9.90 Å². The molecular weight excluding hydrogens is 436 g/mol. The molecule has 1 heterocycles. The molecule has 4 rings (SSSR count). The lowest BCUT2D eigenvalue weighted by molar-refractivity contribution is -0.114. The molecule has 0 saturated heterocycles. The van der Waals surface area contributed by atoms with E-state index in [1.54, 1.807) is 24.3 Å². The summed E-state index contributed by atoms with van der Waals surface area (Å²) in [6, 6.07) is 14.6. The molecule has 9 heteroatoms. The van der Waals surface area contributed by atoms with Crippen LogP contribution < -0.4 is 10.1 Å². The molecule has 2 aromatic carbocycles. The number of benzene rings is 2. The average Bonchev–Trinajstić information content (AvgIpc) is 3.50. The van der Waals surface area contributed by atoms with Gasteiger partial charge in [-0.1, -0.05) is 29.4 Å². The van der Waals surface area contributed by atoms with Crippen molar-refractivity contribution in [2.24, 2.45) is 0 Å². The van der Waals surface area contributed by atoms with Crippen LogP contribution in [0.1, 0.15) is 31.5 Å². The molecule has 1 fully saturated rings. The van der Waals surface area contributed by atoms with Crippen LogP contribution in [0.2, 0.25) is 5.02 Å². The molecule has 1 amide bonds. The van der Waals surface area contributed by atoms with Crippen LogP contribution in [-0.4, -0.2) is 44.2 Å². The normalized spacial score (nSPS) is 14.3. The zero-order chi connectivity index (χ0) is 21.8. The molecule has 7 nitrogen and oxygen atoms in total. The molecule has 31 heavy (non-hydrogen) atoms. The Bertz CT molecular complexity index is 1050. The second-order valence-electron chi connectivity index (χ2n) is 7.41. The standard InChI is InChI=1S/C22H23ClN4O3S/c1-14(28)24-17-3-2-4-18(11-17)27-21(15-5-6-15)25-26-22(27)31-13-19(29)12-30-20-9-7-16(23)8-10-20/h2-4,7-11,15,19,29H,5-6,12-13H2,1H3,(H,24,28). The summed E-state index contributed by atoms with van der Waals surface area (Å²) in [6.07, 6.45) is 1.50. The second-order valence-corrected chi connectivity index (χ2v) is 8.84. The highest BCUT2D eigenvalue weighted by Crippen LogP contribution is 2.41. The molecule has 3 aromatic rings. The lowest BCUT2D eigenvalue weighted by atomic mass is 10.2. The van der Waals surface area contributed by atoms with Crippen LogP contribution in [0.3, 0.4) is 0 Å². The summed E-state index contributed by atoms with van der Waals surface area (Å²) in [4.78, 5) is 11.4. The highest BCUT2D eigenvalue weighted by molar-refractivity contribution is 7.99. The zero-order valence-corrected chi connectivity index (χ0v) is 18.6. The van der Waals surface area contributed by atoms with Crippen molar-refractivity contribution in [1.29, 1.82) is 0 Å². The highest BCUT2D eigenvalue weighted by atomic mass is 35.5. The van der Waals surface area contributed by atoms with Gasteiger partial charge >= 0.3 is 0 Å². The van der Waals surface area contributed by atoms with Crippen molar-refractivity contribution in [3.63, 3.8) is 0 Å². The largest absolute Gasteiger partial charge is 0.491 e. The first-order chi connectivity index (χ1) is 15.0. The lowest BCUT2D eigenvalue weighted by Crippen LogP contribution is -2.20. The molecule has 1 aliphatic carbocycles. The Morgan fingerprint density at radius 3 is 2.77 bits per heavy atom. The maximum absolute atomic E-state index is 11.4. The third-order valence-electron chi connectivity index (χ3n) is 4.69. The Hall–Kier alpha value is -2.55. The summed E-state index contributed by atoms with van der Waals surface area (Å²) in [6.45, 7) is 1.64. The smallest absolute Gasteiger partial charge is 0.221 e. The number of aliphatic hydroxyl groups excluding tert-OH is 1. The average molecular weight is 459 g/mol. The van der Waals surface area contributed by atoms with Crippen molar-refractivity contribution in [3.05, 3.63) is 59.4 Å². The van der Waals surface area contributed by atoms with Crippen molar-refractivity contribution in [1.82, 2.24) is 14.8 Å². The van der Waals surface area contributed by atoms with Crippen molar-refractivity contribution >= 4 is 35.0 Å². The van der Waals surface area contributed by atoms with Gasteiger partial charge in [-0.15, -0.1) is 10.2 Å². The third kappa shape index (κ3) is 5.78. The van der Waals surface area contributed by atoms with Crippen LogP contribution in [0.25, 0.3) is 5.69 Å². The Morgan fingerprint density at radius 2 is 2.06 bits per heavy atom. The maximum Gasteiger partial charge on any atom is 0.221 e. The number of aliphatic hydroxyl groups is 1. The van der Waals surface area contributed by atoms with Gasteiger partial charge < -0.3 is 15.2 Å². The monoisotopic (exact) mass is 458 g/mol. The number of nitrogens with one attached hydrogen (secondary N) is 1. The van der Waals surface area contributed by atoms with Gasteiger partial charge in [-0.2, -0.15) is 0 Å². The van der Waals surface area contributed by atoms with Crippen LogP contribution in [0.4, 0.5) is 5.69 Å². The number of amides is 1. The van der Waals surface area contributed by atoms with Crippen LogP contribution in [0.5, 0.6) is 5.75 Å². The van der Waals surface area contributed by atoms with Gasteiger partial charge in [0.2, 0.25) is 5.91 Å². The summed E-state index contributed by atoms with van der Waals surface area (Å²) in [5.41, 5.74) is 1.60. The first kappa shape index (κ1) is 21.7. The minimum atomic E-state index is -0.680. The van der Waals surface area contributed by atoms with Crippen molar-refractivity contribution in [2.75, 3.05) is 17.7 Å². The number of aromatic nitrogens is 3. The molecule has 2 N–H and O–H groups in total. The van der Waals surface area contributed by atoms with Crippen molar-refractivity contribution in [3.8, 4) is 11.4 Å². The fourth-order valence-electron chi connectivity index (χ4n) is 3.09. The van der Waals surface area contributed by atoms with E-state index in [2.05, 4.69) is 15.5 Å². The highest BCUT2D eigenvalue weighted by Gasteiger charge is 2.31. The molecule has 0 aliphatic heterocycles. The summed E-state index contributed by atoms with van der Waals surface area (Å²) in [5, 5.41) is 23.3. The van der Waals surface area contributed by atoms with Crippen LogP contribution in [0, 0.1) is 0 Å². The fraction of sp³-hybridized carbons (Fsp3) is 0.318. The Kier molecular flexibility index (Phi) is 6.80. The molecule has 1 unspecified atom stereocenters. The first-order valence-corrected chi connectivity index (χ1v) is 11.4. The minimum Gasteiger partial charge on any atom is -0.491 e. The van der Waals surface area contributed by atoms with E-state index < -0.39 is 6.10 Å². The number of carbonyl (C=O) groups excluding carboxylic acids is 1. The molecule has 0 bridgehead atoms. The van der Waals surface area contributed by atoms with Gasteiger partial charge in [-0.05, 0) is 55.3 Å². The van der Waals surface area contributed by atoms with E-state index in [0.717, 1.165) is 24.4 Å². The van der Waals surface area contributed by atoms with Crippen molar-refractivity contribution < 1.29 is 14.6 Å². The predicted molar refractivity (Wildman–Crippen MR) is 121 cm³/mol. The van der Waals surface area contributed by atoms with Gasteiger partial charge in [-0.3, -0.25) is 9.36 Å². The lowest BCUT2D eigenvalue weighted by Gasteiger charge is -2.14. The number of nitrogens with zero attached hydrogens (tertiary/aromatic N) is 3. The number of rotatable bonds is 9. The Morgan fingerprint density at radius 1 is 1.29 bits per heavy atom. The summed E-state index contributed by atoms with van der Waals surface area (Å²) < 4.78 is 7.64. The fourth-order valence-corrected chi connectivity index (χ4v) is 4.08. The van der Waals surface area contributed by atoms with E-state index >= 15 is 0 Å². The van der Waals surface area contributed by atoms with Crippen molar-refractivity contribution in [2.45, 2.75) is 36.9 Å². The van der Waals surface area contributed by atoms with E-state index in [4.69, 9.17) is 16.3 Å². The predicted octanol–water partition coefficient (Wildman–Crippen LogP) is 4.29. The van der Waals surface area contributed by atoms with Crippen LogP contribution in [0.15, 0.2) is 53.7 Å². The van der Waals surface area contributed by atoms with Gasteiger partial charge in [0.05, 0.1) is 11.8 Å².